The Morgan fingerprint density at radius 3 is 2.35 bits per heavy atom. The van der Waals surface area contributed by atoms with E-state index in [1.54, 1.807) is 24.3 Å². The molecule has 1 aromatic heterocycles. The van der Waals surface area contributed by atoms with Crippen LogP contribution in [0.5, 0.6) is 17.2 Å². The molecule has 2 N–H and O–H groups in total. The fraction of sp³-hybridized carbons (Fsp3) is 0.324. The molecule has 0 spiro atoms. The number of phenols is 1. The van der Waals surface area contributed by atoms with Crippen molar-refractivity contribution >= 4 is 41.0 Å². The Balaban J connectivity index is 1.45. The highest BCUT2D eigenvalue weighted by molar-refractivity contribution is 6.35. The van der Waals surface area contributed by atoms with E-state index in [0.717, 1.165) is 36.9 Å². The van der Waals surface area contributed by atoms with E-state index in [4.69, 9.17) is 37.4 Å². The van der Waals surface area contributed by atoms with Gasteiger partial charge in [0.2, 0.25) is 12.4 Å². The SMILES string of the molecule is COc1ccc([C@H](Cc2c(Cl)c[n+](O)cc2Cl)c2cc(CN(C(=O)O[C@H]3CN4CCC3CC4)c3c(O)cccc3F)ccc2C(=O)[O-])cc1OC. The number of carboxylic acid groups (broad SMARTS) is 1. The van der Waals surface area contributed by atoms with E-state index in [2.05, 4.69) is 4.90 Å². The molecule has 3 saturated heterocycles. The lowest BCUT2D eigenvalue weighted by molar-refractivity contribution is -0.904. The molecule has 2 bridgehead atoms. The van der Waals surface area contributed by atoms with Gasteiger partial charge >= 0.3 is 6.09 Å². The Labute approximate surface area is 303 Å². The number of halogens is 3. The van der Waals surface area contributed by atoms with Crippen molar-refractivity contribution < 1.29 is 48.3 Å². The molecule has 3 aliphatic rings. The molecule has 0 radical (unpaired) electrons. The molecule has 0 aliphatic carbocycles. The van der Waals surface area contributed by atoms with E-state index < -0.39 is 35.7 Å². The van der Waals surface area contributed by atoms with E-state index in [-0.39, 0.29) is 45.7 Å². The number of phenolic OH excluding ortho intramolecular Hbond substituents is 1. The van der Waals surface area contributed by atoms with Gasteiger partial charge in [-0.1, -0.05) is 53.5 Å². The summed E-state index contributed by atoms with van der Waals surface area (Å²) in [5, 5.41) is 33.7. The summed E-state index contributed by atoms with van der Waals surface area (Å²) < 4.78 is 33.1. The maximum absolute atomic E-state index is 15.4. The molecule has 1 amide bonds. The lowest BCUT2D eigenvalue weighted by atomic mass is 9.82. The highest BCUT2D eigenvalue weighted by Gasteiger charge is 2.38. The van der Waals surface area contributed by atoms with Gasteiger partial charge in [0, 0.05) is 28.3 Å². The number of hydrogen-bond donors (Lipinski definition) is 2. The van der Waals surface area contributed by atoms with Crippen molar-refractivity contribution in [3.8, 4) is 17.2 Å². The Bertz CT molecular complexity index is 1910. The number of methoxy groups -OCH3 is 2. The number of rotatable bonds is 11. The van der Waals surface area contributed by atoms with Crippen LogP contribution in [0, 0.1) is 11.7 Å². The number of aromatic carboxylic acids is 1. The van der Waals surface area contributed by atoms with E-state index in [1.165, 1.54) is 50.9 Å². The fourth-order valence-electron chi connectivity index (χ4n) is 7.03. The predicted octanol–water partition coefficient (Wildman–Crippen LogP) is 5.36. The van der Waals surface area contributed by atoms with Crippen molar-refractivity contribution in [3.05, 3.63) is 111 Å². The van der Waals surface area contributed by atoms with Crippen molar-refractivity contribution in [3.63, 3.8) is 0 Å². The van der Waals surface area contributed by atoms with Crippen molar-refractivity contribution in [1.29, 1.82) is 0 Å². The summed E-state index contributed by atoms with van der Waals surface area (Å²) in [6, 6.07) is 13.3. The summed E-state index contributed by atoms with van der Waals surface area (Å²) >= 11 is 13.1. The average Bonchev–Trinajstić information content (AvgIpc) is 3.11. The third-order valence-corrected chi connectivity index (χ3v) is 10.3. The number of fused-ring (bicyclic) bond motifs is 3. The minimum atomic E-state index is -1.47. The number of carbonyl (C=O) groups is 2. The van der Waals surface area contributed by atoms with Gasteiger partial charge in [0.1, 0.15) is 27.6 Å². The molecule has 268 valence electrons. The van der Waals surface area contributed by atoms with Crippen LogP contribution >= 0.6 is 23.2 Å². The molecule has 11 nitrogen and oxygen atoms in total. The number of aromatic nitrogens is 1. The van der Waals surface area contributed by atoms with Crippen molar-refractivity contribution in [2.24, 2.45) is 5.92 Å². The zero-order valence-corrected chi connectivity index (χ0v) is 29.4. The van der Waals surface area contributed by atoms with Crippen LogP contribution < -0.4 is 24.2 Å². The quantitative estimate of drug-likeness (QED) is 0.154. The number of ether oxygens (including phenoxy) is 3. The molecule has 2 atom stereocenters. The topological polar surface area (TPSA) is 136 Å². The number of para-hydroxylation sites is 1. The Morgan fingerprint density at radius 1 is 1.04 bits per heavy atom. The fourth-order valence-corrected chi connectivity index (χ4v) is 7.63. The van der Waals surface area contributed by atoms with Gasteiger partial charge in [-0.3, -0.25) is 15.0 Å². The predicted molar refractivity (Wildman–Crippen MR) is 183 cm³/mol. The molecule has 4 aromatic rings. The number of amides is 1. The zero-order valence-electron chi connectivity index (χ0n) is 27.9. The Kier molecular flexibility index (Phi) is 10.8. The maximum atomic E-state index is 15.4. The van der Waals surface area contributed by atoms with Gasteiger partial charge in [-0.25, -0.2) is 9.18 Å². The number of carboxylic acids is 1. The molecular formula is C37H36Cl2FN3O8. The first kappa shape index (κ1) is 36.0. The highest BCUT2D eigenvalue weighted by Crippen LogP contribution is 2.40. The van der Waals surface area contributed by atoms with Gasteiger partial charge in [0.25, 0.3) is 0 Å². The number of pyridine rings is 1. The summed E-state index contributed by atoms with van der Waals surface area (Å²) in [6.07, 6.45) is 3.06. The van der Waals surface area contributed by atoms with Crippen LogP contribution in [0.25, 0.3) is 0 Å². The number of benzene rings is 3. The second-order valence-electron chi connectivity index (χ2n) is 12.6. The number of carbonyl (C=O) groups excluding carboxylic acids is 2. The minimum Gasteiger partial charge on any atom is -0.545 e. The molecule has 3 aliphatic heterocycles. The molecule has 3 fully saturated rings. The van der Waals surface area contributed by atoms with E-state index in [1.807, 2.05) is 0 Å². The normalized spacial score (nSPS) is 18.6. The van der Waals surface area contributed by atoms with Crippen LogP contribution in [0.2, 0.25) is 10.0 Å². The monoisotopic (exact) mass is 739 g/mol. The summed E-state index contributed by atoms with van der Waals surface area (Å²) in [5.74, 6) is -2.56. The summed E-state index contributed by atoms with van der Waals surface area (Å²) in [4.78, 5) is 29.8. The number of aromatic hydroxyl groups is 1. The minimum absolute atomic E-state index is 0.0527. The van der Waals surface area contributed by atoms with Gasteiger partial charge < -0.3 is 29.2 Å². The van der Waals surface area contributed by atoms with Crippen LogP contribution in [0.3, 0.4) is 0 Å². The van der Waals surface area contributed by atoms with Crippen LogP contribution in [0.15, 0.2) is 67.0 Å². The van der Waals surface area contributed by atoms with E-state index >= 15 is 4.39 Å². The lowest BCUT2D eigenvalue weighted by Crippen LogP contribution is -2.53. The molecule has 0 saturated carbocycles. The van der Waals surface area contributed by atoms with Crippen LogP contribution in [0.4, 0.5) is 14.9 Å². The summed E-state index contributed by atoms with van der Waals surface area (Å²) in [5.41, 5.74) is 1.13. The number of hydrogen-bond acceptors (Lipinski definition) is 9. The van der Waals surface area contributed by atoms with Crippen molar-refractivity contribution in [2.45, 2.75) is 37.8 Å². The van der Waals surface area contributed by atoms with Gasteiger partial charge in [-0.15, -0.1) is 0 Å². The smallest absolute Gasteiger partial charge is 0.415 e. The third-order valence-electron chi connectivity index (χ3n) is 9.64. The first-order valence-corrected chi connectivity index (χ1v) is 17.1. The first-order chi connectivity index (χ1) is 24.5. The molecule has 4 heterocycles. The second kappa shape index (κ2) is 15.2. The summed E-state index contributed by atoms with van der Waals surface area (Å²) in [7, 11) is 2.96. The van der Waals surface area contributed by atoms with Crippen LogP contribution in [-0.4, -0.2) is 67.2 Å². The molecule has 14 heteroatoms. The molecule has 51 heavy (non-hydrogen) atoms. The maximum Gasteiger partial charge on any atom is 0.415 e. The number of anilines is 1. The van der Waals surface area contributed by atoms with Gasteiger partial charge in [-0.05, 0) is 79.2 Å². The molecular weight excluding hydrogens is 704 g/mol. The van der Waals surface area contributed by atoms with E-state index in [0.29, 0.717) is 39.5 Å². The second-order valence-corrected chi connectivity index (χ2v) is 13.5. The standard InChI is InChI=1S/C37H36Cl2FN3O8/c1-49-32-9-7-23(15-33(32)50-2)25(16-27-28(38)18-42(48)19-29(27)39)26-14-21(6-8-24(26)36(45)46)17-43(35-30(40)4-3-5-31(35)44)37(47)51-34-20-41-12-10-22(34)11-13-41/h3-9,14-15,18-19,22,25,34H,10-13,16-17,20H2,1-2H3,(H2-,44,45,46,48)/t25-,34-/m0/s1. The molecule has 7 rings (SSSR count). The molecule has 0 unspecified atom stereocenters. The van der Waals surface area contributed by atoms with Crippen LogP contribution in [0.1, 0.15) is 51.4 Å². The van der Waals surface area contributed by atoms with E-state index in [9.17, 15) is 25.0 Å². The first-order valence-electron chi connectivity index (χ1n) is 16.3. The largest absolute Gasteiger partial charge is 0.545 e. The van der Waals surface area contributed by atoms with Gasteiger partial charge in [-0.2, -0.15) is 0 Å². The Hall–Kier alpha value is -4.78. The molecule has 3 aromatic carbocycles. The highest BCUT2D eigenvalue weighted by atomic mass is 35.5. The van der Waals surface area contributed by atoms with Crippen molar-refractivity contribution in [2.75, 3.05) is 38.8 Å². The number of nitrogens with zero attached hydrogens (tertiary/aromatic N) is 3. The van der Waals surface area contributed by atoms with Crippen molar-refractivity contribution in [1.82, 2.24) is 4.90 Å². The lowest BCUT2D eigenvalue weighted by Gasteiger charge is -2.44. The van der Waals surface area contributed by atoms with Gasteiger partial charge in [0.15, 0.2) is 17.3 Å². The van der Waals surface area contributed by atoms with Crippen LogP contribution in [-0.2, 0) is 17.7 Å². The average molecular weight is 741 g/mol. The van der Waals surface area contributed by atoms with Gasteiger partial charge in [0.05, 0.1) is 26.7 Å². The third kappa shape index (κ3) is 7.63. The summed E-state index contributed by atoms with van der Waals surface area (Å²) in [6.45, 7) is 2.12. The zero-order chi connectivity index (χ0) is 36.4. The number of piperidine rings is 3. The Morgan fingerprint density at radius 2 is 1.75 bits per heavy atom.